The Labute approximate surface area is 173 Å². The Morgan fingerprint density at radius 3 is 2.55 bits per heavy atom. The minimum Gasteiger partial charge on any atom is -0.493 e. The number of hydrogen-bond donors (Lipinski definition) is 0. The summed E-state index contributed by atoms with van der Waals surface area (Å²) in [5.74, 6) is 1.68. The third-order valence-electron chi connectivity index (χ3n) is 5.54. The van der Waals surface area contributed by atoms with Gasteiger partial charge in [-0.15, -0.1) is 0 Å². The standard InChI is InChI=1S/C23H28N2O3S/c1-17-10-19(12-20(11-17)13-24)8-9-25-14-18(2)21(15-25)16-28-22-4-6-23(7-5-22)29(3,26)27/h4-7,10-12,18,21H,8-9,14-16H2,1-3H3. The van der Waals surface area contributed by atoms with E-state index in [4.69, 9.17) is 10.00 Å². The number of benzene rings is 2. The number of nitrogens with zero attached hydrogens (tertiary/aromatic N) is 2. The number of rotatable bonds is 7. The molecule has 5 nitrogen and oxygen atoms in total. The van der Waals surface area contributed by atoms with Gasteiger partial charge >= 0.3 is 0 Å². The second-order valence-electron chi connectivity index (χ2n) is 8.12. The average Bonchev–Trinajstić information content (AvgIpc) is 3.03. The lowest BCUT2D eigenvalue weighted by Gasteiger charge is -2.17. The van der Waals surface area contributed by atoms with E-state index in [9.17, 15) is 8.42 Å². The molecule has 154 valence electrons. The first kappa shape index (κ1) is 21.4. The molecule has 0 saturated carbocycles. The molecule has 0 N–H and O–H groups in total. The average molecular weight is 413 g/mol. The van der Waals surface area contributed by atoms with Gasteiger partial charge in [0.15, 0.2) is 9.84 Å². The molecule has 29 heavy (non-hydrogen) atoms. The van der Waals surface area contributed by atoms with Gasteiger partial charge in [-0.05, 0) is 66.8 Å². The van der Waals surface area contributed by atoms with Crippen molar-refractivity contribution in [2.45, 2.75) is 25.2 Å². The number of likely N-dealkylation sites (tertiary alicyclic amines) is 1. The first-order valence-corrected chi connectivity index (χ1v) is 11.8. The number of nitriles is 1. The van der Waals surface area contributed by atoms with Crippen LogP contribution in [0.1, 0.15) is 23.6 Å². The highest BCUT2D eigenvalue weighted by Crippen LogP contribution is 2.25. The fraction of sp³-hybridized carbons (Fsp3) is 0.435. The van der Waals surface area contributed by atoms with Crippen LogP contribution >= 0.6 is 0 Å². The third-order valence-corrected chi connectivity index (χ3v) is 6.67. The molecule has 0 aromatic heterocycles. The first-order valence-electron chi connectivity index (χ1n) is 9.90. The molecule has 0 amide bonds. The van der Waals surface area contributed by atoms with Crippen LogP contribution < -0.4 is 4.74 Å². The van der Waals surface area contributed by atoms with Crippen LogP contribution in [0.25, 0.3) is 0 Å². The van der Waals surface area contributed by atoms with Crippen molar-refractivity contribution in [3.05, 3.63) is 59.2 Å². The zero-order chi connectivity index (χ0) is 21.0. The summed E-state index contributed by atoms with van der Waals surface area (Å²) in [6.45, 7) is 7.90. The quantitative estimate of drug-likeness (QED) is 0.696. The summed E-state index contributed by atoms with van der Waals surface area (Å²) in [6.07, 6.45) is 2.14. The highest BCUT2D eigenvalue weighted by Gasteiger charge is 2.29. The maximum Gasteiger partial charge on any atom is 0.175 e. The van der Waals surface area contributed by atoms with Crippen molar-refractivity contribution in [3.63, 3.8) is 0 Å². The van der Waals surface area contributed by atoms with Gasteiger partial charge in [-0.1, -0.05) is 13.0 Å². The minimum absolute atomic E-state index is 0.306. The maximum absolute atomic E-state index is 11.5. The minimum atomic E-state index is -3.18. The van der Waals surface area contributed by atoms with Gasteiger partial charge in [0.05, 0.1) is 23.1 Å². The molecule has 1 heterocycles. The van der Waals surface area contributed by atoms with Crippen molar-refractivity contribution in [2.24, 2.45) is 11.8 Å². The van der Waals surface area contributed by atoms with Crippen molar-refractivity contribution < 1.29 is 13.2 Å². The molecule has 6 heteroatoms. The fourth-order valence-electron chi connectivity index (χ4n) is 3.89. The van der Waals surface area contributed by atoms with E-state index in [1.807, 2.05) is 19.1 Å². The van der Waals surface area contributed by atoms with E-state index < -0.39 is 9.84 Å². The Kier molecular flexibility index (Phi) is 6.61. The summed E-state index contributed by atoms with van der Waals surface area (Å²) in [6, 6.07) is 14.9. The monoisotopic (exact) mass is 412 g/mol. The predicted molar refractivity (Wildman–Crippen MR) is 114 cm³/mol. The Balaban J connectivity index is 1.51. The topological polar surface area (TPSA) is 70.4 Å². The smallest absolute Gasteiger partial charge is 0.175 e. The van der Waals surface area contributed by atoms with Crippen LogP contribution in [-0.2, 0) is 16.3 Å². The molecule has 1 aliphatic heterocycles. The molecule has 0 radical (unpaired) electrons. The summed E-state index contributed by atoms with van der Waals surface area (Å²) in [7, 11) is -3.18. The van der Waals surface area contributed by atoms with Crippen molar-refractivity contribution >= 4 is 9.84 Å². The summed E-state index contributed by atoms with van der Waals surface area (Å²) in [5, 5.41) is 9.14. The van der Waals surface area contributed by atoms with Crippen molar-refractivity contribution in [1.82, 2.24) is 4.90 Å². The molecule has 2 atom stereocenters. The van der Waals surface area contributed by atoms with Gasteiger partial charge in [-0.2, -0.15) is 5.26 Å². The van der Waals surface area contributed by atoms with E-state index in [2.05, 4.69) is 24.0 Å². The van der Waals surface area contributed by atoms with E-state index in [-0.39, 0.29) is 0 Å². The molecule has 0 bridgehead atoms. The molecule has 1 aliphatic rings. The molecule has 1 saturated heterocycles. The lowest BCUT2D eigenvalue weighted by Crippen LogP contribution is -2.24. The van der Waals surface area contributed by atoms with Crippen molar-refractivity contribution in [3.8, 4) is 11.8 Å². The Morgan fingerprint density at radius 1 is 1.17 bits per heavy atom. The molecule has 0 spiro atoms. The van der Waals surface area contributed by atoms with E-state index >= 15 is 0 Å². The van der Waals surface area contributed by atoms with Crippen LogP contribution in [0.2, 0.25) is 0 Å². The first-order chi connectivity index (χ1) is 13.7. The Hall–Kier alpha value is -2.36. The fourth-order valence-corrected chi connectivity index (χ4v) is 4.52. The van der Waals surface area contributed by atoms with E-state index in [0.717, 1.165) is 37.2 Å². The van der Waals surface area contributed by atoms with Gasteiger partial charge in [0.25, 0.3) is 0 Å². The lowest BCUT2D eigenvalue weighted by atomic mass is 9.99. The van der Waals surface area contributed by atoms with E-state index in [0.29, 0.717) is 29.1 Å². The van der Waals surface area contributed by atoms with Gasteiger partial charge in [-0.25, -0.2) is 8.42 Å². The molecule has 0 aliphatic carbocycles. The summed E-state index contributed by atoms with van der Waals surface area (Å²) in [5.41, 5.74) is 3.06. The SMILES string of the molecule is Cc1cc(C#N)cc(CCN2CC(C)C(COc3ccc(S(C)(=O)=O)cc3)C2)c1. The van der Waals surface area contributed by atoms with Crippen molar-refractivity contribution in [2.75, 3.05) is 32.5 Å². The second-order valence-corrected chi connectivity index (χ2v) is 10.1. The molecule has 1 fully saturated rings. The summed E-state index contributed by atoms with van der Waals surface area (Å²) < 4.78 is 29.0. The van der Waals surface area contributed by atoms with Crippen LogP contribution in [-0.4, -0.2) is 45.8 Å². The molecule has 2 aromatic carbocycles. The molecule has 3 rings (SSSR count). The zero-order valence-electron chi connectivity index (χ0n) is 17.3. The summed E-state index contributed by atoms with van der Waals surface area (Å²) in [4.78, 5) is 2.76. The number of ether oxygens (including phenoxy) is 1. The maximum atomic E-state index is 11.5. The van der Waals surface area contributed by atoms with E-state index in [1.54, 1.807) is 24.3 Å². The molecular weight excluding hydrogens is 384 g/mol. The van der Waals surface area contributed by atoms with Gasteiger partial charge in [0, 0.05) is 31.8 Å². The van der Waals surface area contributed by atoms with Crippen molar-refractivity contribution in [1.29, 1.82) is 5.26 Å². The number of aryl methyl sites for hydroxylation is 1. The van der Waals surface area contributed by atoms with E-state index in [1.165, 1.54) is 11.8 Å². The van der Waals surface area contributed by atoms with Crippen LogP contribution in [0.3, 0.4) is 0 Å². The summed E-state index contributed by atoms with van der Waals surface area (Å²) >= 11 is 0. The largest absolute Gasteiger partial charge is 0.493 e. The number of sulfone groups is 1. The van der Waals surface area contributed by atoms with Gasteiger partial charge in [-0.3, -0.25) is 0 Å². The van der Waals surface area contributed by atoms with Crippen LogP contribution in [0, 0.1) is 30.1 Å². The molecule has 2 aromatic rings. The normalized spacial score (nSPS) is 19.8. The second kappa shape index (κ2) is 8.98. The van der Waals surface area contributed by atoms with Crippen LogP contribution in [0.4, 0.5) is 0 Å². The van der Waals surface area contributed by atoms with Gasteiger partial charge in [0.1, 0.15) is 5.75 Å². The van der Waals surface area contributed by atoms with Crippen LogP contribution in [0.15, 0.2) is 47.4 Å². The lowest BCUT2D eigenvalue weighted by molar-refractivity contribution is 0.225. The highest BCUT2D eigenvalue weighted by atomic mass is 32.2. The van der Waals surface area contributed by atoms with Gasteiger partial charge < -0.3 is 9.64 Å². The van der Waals surface area contributed by atoms with Crippen LogP contribution in [0.5, 0.6) is 5.75 Å². The molecule has 2 unspecified atom stereocenters. The third kappa shape index (κ3) is 5.81. The molecular formula is C23H28N2O3S. The van der Waals surface area contributed by atoms with Gasteiger partial charge in [0.2, 0.25) is 0 Å². The Morgan fingerprint density at radius 2 is 1.90 bits per heavy atom. The zero-order valence-corrected chi connectivity index (χ0v) is 18.1. The number of hydrogen-bond acceptors (Lipinski definition) is 5. The highest BCUT2D eigenvalue weighted by molar-refractivity contribution is 7.90. The predicted octanol–water partition coefficient (Wildman–Crippen LogP) is 3.46. The Bertz CT molecular complexity index is 994.